The molecular weight excluding hydrogens is 1200 g/mol. The molecule has 6 aromatic rings. The van der Waals surface area contributed by atoms with E-state index in [2.05, 4.69) is 20.9 Å². The second-order valence-electron chi connectivity index (χ2n) is 20.3. The Kier molecular flexibility index (Phi) is 26.0. The van der Waals surface area contributed by atoms with Crippen LogP contribution in [0.15, 0.2) is 100 Å². The zero-order valence-electron chi connectivity index (χ0n) is 48.9. The summed E-state index contributed by atoms with van der Waals surface area (Å²) < 4.78 is 46.0. The van der Waals surface area contributed by atoms with E-state index in [4.69, 9.17) is 49.0 Å². The molecule has 2 aromatic heterocycles. The van der Waals surface area contributed by atoms with Gasteiger partial charge in [0.05, 0.1) is 114 Å². The Morgan fingerprint density at radius 1 is 0.750 bits per heavy atom. The van der Waals surface area contributed by atoms with Crippen LogP contribution >= 0.6 is 18.5 Å². The summed E-state index contributed by atoms with van der Waals surface area (Å²) in [6.45, 7) is 3.19. The number of nitrogens with one attached hydrogen (secondary N) is 2. The summed E-state index contributed by atoms with van der Waals surface area (Å²) in [6, 6.07) is 25.6. The molecule has 0 radical (unpaired) electrons. The van der Waals surface area contributed by atoms with Crippen molar-refractivity contribution in [2.45, 2.75) is 70.2 Å². The Balaban J connectivity index is 0.664. The number of thioether (sulfide) groups is 1. The molecule has 0 bridgehead atoms. The van der Waals surface area contributed by atoms with Crippen LogP contribution in [0.4, 0.5) is 5.69 Å². The molecule has 24 nitrogen and oxygen atoms in total. The average molecular weight is 1270 g/mol. The number of amides is 5. The second-order valence-corrected chi connectivity index (χ2v) is 24.3. The summed E-state index contributed by atoms with van der Waals surface area (Å²) in [5.41, 5.74) is 4.90. The molecule has 88 heavy (non-hydrogen) atoms. The minimum Gasteiger partial charge on any atom is -0.780 e. The van der Waals surface area contributed by atoms with Gasteiger partial charge in [0.15, 0.2) is 16.8 Å². The zero-order chi connectivity index (χ0) is 62.3. The van der Waals surface area contributed by atoms with E-state index >= 15 is 0 Å². The van der Waals surface area contributed by atoms with Crippen LogP contribution in [0.2, 0.25) is 0 Å². The summed E-state index contributed by atoms with van der Waals surface area (Å²) in [5.74, 6) is -1.58. The minimum atomic E-state index is -3.42. The normalized spacial score (nSPS) is 14.5. The van der Waals surface area contributed by atoms with E-state index in [-0.39, 0.29) is 117 Å². The number of aromatic nitrogens is 3. The first-order valence-corrected chi connectivity index (χ1v) is 32.8. The quantitative estimate of drug-likeness (QED) is 0.0148. The summed E-state index contributed by atoms with van der Waals surface area (Å²) in [5, 5.41) is 34.4. The fourth-order valence-electron chi connectivity index (χ4n) is 9.71. The molecule has 1 fully saturated rings. The molecule has 2 aliphatic rings. The number of likely N-dealkylation sites (tertiary alicyclic amines) is 1. The number of phenols is 2. The van der Waals surface area contributed by atoms with Crippen molar-refractivity contribution in [1.82, 2.24) is 30.5 Å². The number of rotatable bonds is 37. The number of fused-ring (bicyclic) bond motifs is 6. The number of imide groups is 1. The number of carbonyl (C=O) groups is 5. The van der Waals surface area contributed by atoms with Crippen molar-refractivity contribution in [3.63, 3.8) is 0 Å². The van der Waals surface area contributed by atoms with Crippen LogP contribution in [-0.2, 0) is 76.8 Å². The molecule has 4 heterocycles. The highest BCUT2D eigenvalue weighted by atomic mass is 32.5. The molecule has 1 saturated heterocycles. The predicted octanol–water partition coefficient (Wildman–Crippen LogP) is 6.11. The Bertz CT molecular complexity index is 3440. The lowest BCUT2D eigenvalue weighted by Crippen LogP contribution is -2.37. The van der Waals surface area contributed by atoms with Gasteiger partial charge in [0.1, 0.15) is 18.2 Å². The minimum absolute atomic E-state index is 0.00240. The topological polar surface area (TPSA) is 305 Å². The molecule has 2 unspecified atom stereocenters. The van der Waals surface area contributed by atoms with E-state index in [0.717, 1.165) is 46.5 Å². The molecule has 4 aromatic carbocycles. The lowest BCUT2D eigenvalue weighted by Gasteiger charge is -2.28. The molecule has 0 spiro atoms. The predicted molar refractivity (Wildman–Crippen MR) is 330 cm³/mol. The van der Waals surface area contributed by atoms with Crippen molar-refractivity contribution in [2.75, 3.05) is 110 Å². The van der Waals surface area contributed by atoms with Crippen molar-refractivity contribution in [1.29, 1.82) is 0 Å². The molecule has 0 aliphatic carbocycles. The van der Waals surface area contributed by atoms with Crippen LogP contribution < -0.4 is 25.9 Å². The van der Waals surface area contributed by atoms with E-state index in [0.29, 0.717) is 101 Å². The Morgan fingerprint density at radius 2 is 1.42 bits per heavy atom. The maximum absolute atomic E-state index is 14.1. The first-order chi connectivity index (χ1) is 42.7. The van der Waals surface area contributed by atoms with E-state index in [1.54, 1.807) is 36.1 Å². The SMILES string of the molecule is CCOP([O-])(=S)OCCCCCCSC1CC(=O)N(CCC(=O)NCCC(=O)N2Cc3ccccc3-c3c(nnn3CCOCCOCCOCCOCCOCCNC(=O)c3ccc(-c4cc(=O)c5ccc(O)c(O)c5o4)cc3)-c3ccccc32)C1=O. The number of phenolic OH excluding ortho intramolecular Hbond substituents is 2. The highest BCUT2D eigenvalue weighted by Crippen LogP contribution is 2.42. The molecule has 472 valence electrons. The number of carbonyl (C=O) groups excluding carboxylic acids is 5. The summed E-state index contributed by atoms with van der Waals surface area (Å²) in [6.07, 6.45) is 3.22. The number of unbranched alkanes of at least 4 members (excludes halogenated alkanes) is 3. The number of anilines is 1. The van der Waals surface area contributed by atoms with E-state index in [1.807, 2.05) is 53.2 Å². The number of benzene rings is 4. The summed E-state index contributed by atoms with van der Waals surface area (Å²) in [7, 11) is 0. The van der Waals surface area contributed by atoms with Gasteiger partial charge >= 0.3 is 0 Å². The highest BCUT2D eigenvalue weighted by molar-refractivity contribution is 8.06. The second kappa shape index (κ2) is 34.1. The lowest BCUT2D eigenvalue weighted by molar-refractivity contribution is -0.206. The van der Waals surface area contributed by atoms with Crippen LogP contribution in [0.25, 0.3) is 44.8 Å². The van der Waals surface area contributed by atoms with Gasteiger partial charge in [0, 0.05) is 67.2 Å². The monoisotopic (exact) mass is 1270 g/mol. The van der Waals surface area contributed by atoms with Gasteiger partial charge in [-0.25, -0.2) is 4.68 Å². The third-order valence-electron chi connectivity index (χ3n) is 14.2. The van der Waals surface area contributed by atoms with Gasteiger partial charge in [0.2, 0.25) is 29.4 Å². The van der Waals surface area contributed by atoms with Crippen LogP contribution in [0, 0.1) is 0 Å². The molecule has 5 amide bonds. The standard InChI is InChI=1S/C61H74N7O17PS2/c1-2-83-86(77,87)84-27-9-3-4-10-38-88-52-40-55(73)66(61(52)76)25-22-53(71)62-23-21-54(72)67-41-44-11-5-6-12-45(44)57-56(46-13-7-8-14-48(46)67)64-65-68(57)26-29-79-31-33-81-35-37-82-36-34-80-32-30-78-28-24-63-60(75)43-17-15-42(16-18-43)51-39-50(70)47-19-20-49(69)58(74)59(47)85-51/h5-8,11-20,39,52,69,74H,2-4,9-10,21-38,40-41H2,1H3,(H,62,71)(H,63,75)(H,77,87)/p-1. The fourth-order valence-corrected chi connectivity index (χ4v) is 12.2. The van der Waals surface area contributed by atoms with Gasteiger partial charge in [-0.1, -0.05) is 84.5 Å². The maximum Gasteiger partial charge on any atom is 0.251 e. The molecule has 27 heteroatoms. The number of hydrogen-bond acceptors (Lipinski definition) is 21. The smallest absolute Gasteiger partial charge is 0.251 e. The number of hydrogen-bond donors (Lipinski definition) is 4. The molecule has 8 rings (SSSR count). The number of para-hydroxylation sites is 1. The van der Waals surface area contributed by atoms with E-state index in [1.165, 1.54) is 30.0 Å². The molecule has 2 aliphatic heterocycles. The molecular formula is C61H73N7O17PS2-. The van der Waals surface area contributed by atoms with Crippen LogP contribution in [0.1, 0.15) is 67.8 Å². The lowest BCUT2D eigenvalue weighted by atomic mass is 9.95. The van der Waals surface area contributed by atoms with Crippen molar-refractivity contribution in [3.8, 4) is 45.3 Å². The number of aromatic hydroxyl groups is 2. The molecule has 0 saturated carbocycles. The van der Waals surface area contributed by atoms with Gasteiger partial charge in [0.25, 0.3) is 5.91 Å². The number of nitrogens with zero attached hydrogens (tertiary/aromatic N) is 5. The van der Waals surface area contributed by atoms with Gasteiger partial charge in [-0.15, -0.1) is 16.9 Å². The van der Waals surface area contributed by atoms with Crippen molar-refractivity contribution in [3.05, 3.63) is 112 Å². The highest BCUT2D eigenvalue weighted by Gasteiger charge is 2.38. The Labute approximate surface area is 518 Å². The van der Waals surface area contributed by atoms with Gasteiger partial charge in [-0.3, -0.25) is 33.7 Å². The van der Waals surface area contributed by atoms with Crippen molar-refractivity contribution >= 4 is 76.5 Å². The third kappa shape index (κ3) is 19.0. The fraction of sp³-hybridized carbons (Fsp3) is 0.443. The van der Waals surface area contributed by atoms with Crippen LogP contribution in [0.3, 0.4) is 0 Å². The number of ether oxygens (including phenoxy) is 5. The molecule has 2 atom stereocenters. The van der Waals surface area contributed by atoms with Crippen molar-refractivity contribution in [2.24, 2.45) is 0 Å². The van der Waals surface area contributed by atoms with Crippen LogP contribution in [-0.4, -0.2) is 170 Å². The Hall–Kier alpha value is -6.94. The van der Waals surface area contributed by atoms with E-state index in [9.17, 15) is 43.9 Å². The summed E-state index contributed by atoms with van der Waals surface area (Å²) >= 11 is 6.25. The average Bonchev–Trinajstić information content (AvgIpc) is 2.21. The van der Waals surface area contributed by atoms with Crippen LogP contribution in [0.5, 0.6) is 11.5 Å². The van der Waals surface area contributed by atoms with Gasteiger partial charge in [-0.2, -0.15) is 0 Å². The maximum atomic E-state index is 14.1. The zero-order valence-corrected chi connectivity index (χ0v) is 51.5. The summed E-state index contributed by atoms with van der Waals surface area (Å²) in [4.78, 5) is 92.9. The largest absolute Gasteiger partial charge is 0.780 e. The van der Waals surface area contributed by atoms with Gasteiger partial charge < -0.3 is 67.8 Å². The van der Waals surface area contributed by atoms with Gasteiger partial charge in [-0.05, 0) is 61.4 Å². The Morgan fingerprint density at radius 3 is 2.15 bits per heavy atom. The first-order valence-electron chi connectivity index (χ1n) is 29.2. The third-order valence-corrected chi connectivity index (χ3v) is 17.2. The molecule has 4 N–H and O–H groups in total. The first kappa shape index (κ1) is 67.0. The van der Waals surface area contributed by atoms with Crippen molar-refractivity contribution < 1.29 is 76.2 Å². The van der Waals surface area contributed by atoms with E-state index < -0.39 is 23.5 Å².